The van der Waals surface area contributed by atoms with Crippen LogP contribution in [0.4, 0.5) is 10.5 Å². The molecule has 1 saturated heterocycles. The van der Waals surface area contributed by atoms with E-state index in [0.717, 1.165) is 61.0 Å². The number of pyridine rings is 1. The van der Waals surface area contributed by atoms with E-state index in [0.29, 0.717) is 33.7 Å². The zero-order valence-corrected chi connectivity index (χ0v) is 26.8. The lowest BCUT2D eigenvalue weighted by atomic mass is 9.74. The second-order valence-electron chi connectivity index (χ2n) is 12.0. The van der Waals surface area contributed by atoms with E-state index in [-0.39, 0.29) is 17.6 Å². The summed E-state index contributed by atoms with van der Waals surface area (Å²) in [5.41, 5.74) is 2.95. The van der Waals surface area contributed by atoms with Crippen LogP contribution in [0.2, 0.25) is 10.0 Å². The first kappa shape index (κ1) is 30.0. The smallest absolute Gasteiger partial charge is 0.407 e. The van der Waals surface area contributed by atoms with Crippen molar-refractivity contribution in [2.45, 2.75) is 71.1 Å². The van der Waals surface area contributed by atoms with Crippen LogP contribution in [0.15, 0.2) is 59.2 Å². The Morgan fingerprint density at radius 2 is 1.83 bits per heavy atom. The molecular formula is C32H36BrCl2N3O3. The highest BCUT2D eigenvalue weighted by Gasteiger charge is 2.46. The molecule has 41 heavy (non-hydrogen) atoms. The number of carbonyl (C=O) groups is 1. The van der Waals surface area contributed by atoms with Crippen LogP contribution >= 0.6 is 39.1 Å². The van der Waals surface area contributed by atoms with Crippen molar-refractivity contribution in [3.63, 3.8) is 0 Å². The van der Waals surface area contributed by atoms with Crippen molar-refractivity contribution in [3.8, 4) is 17.0 Å². The molecule has 1 amide bonds. The molecule has 1 aliphatic carbocycles. The number of aromatic nitrogens is 1. The van der Waals surface area contributed by atoms with Crippen LogP contribution in [-0.2, 0) is 11.3 Å². The Morgan fingerprint density at radius 1 is 1.10 bits per heavy atom. The fourth-order valence-corrected chi connectivity index (χ4v) is 6.95. The number of alkyl carbamates (subject to hydrolysis) is 1. The SMILES string of the molecule is CC(C)(C)OC(=O)N[C@@H]1CCCC12CCN(c1cc(OCc3ccccc3)c(-c3cccc(Cl)c3Cl)nc1Br)CC2. The summed E-state index contributed by atoms with van der Waals surface area (Å²) < 4.78 is 12.7. The molecule has 0 radical (unpaired) electrons. The van der Waals surface area contributed by atoms with Crippen molar-refractivity contribution in [2.24, 2.45) is 5.41 Å². The summed E-state index contributed by atoms with van der Waals surface area (Å²) >= 11 is 16.7. The number of hydrogen-bond acceptors (Lipinski definition) is 5. The van der Waals surface area contributed by atoms with Gasteiger partial charge in [-0.1, -0.05) is 72.1 Å². The van der Waals surface area contributed by atoms with Crippen LogP contribution in [0.5, 0.6) is 5.75 Å². The molecule has 2 heterocycles. The summed E-state index contributed by atoms with van der Waals surface area (Å²) in [6.45, 7) is 7.78. The molecule has 3 aromatic rings. The van der Waals surface area contributed by atoms with E-state index >= 15 is 0 Å². The van der Waals surface area contributed by atoms with Crippen molar-refractivity contribution in [2.75, 3.05) is 18.0 Å². The number of nitrogens with one attached hydrogen (secondary N) is 1. The minimum atomic E-state index is -0.514. The number of carbonyl (C=O) groups excluding carboxylic acids is 1. The summed E-state index contributed by atoms with van der Waals surface area (Å²) in [7, 11) is 0. The van der Waals surface area contributed by atoms with E-state index in [1.165, 1.54) is 0 Å². The molecule has 218 valence electrons. The fraction of sp³-hybridized carbons (Fsp3) is 0.438. The Hall–Kier alpha value is -2.48. The van der Waals surface area contributed by atoms with E-state index < -0.39 is 5.60 Å². The summed E-state index contributed by atoms with van der Waals surface area (Å²) in [4.78, 5) is 19.9. The van der Waals surface area contributed by atoms with Gasteiger partial charge >= 0.3 is 6.09 Å². The molecule has 1 N–H and O–H groups in total. The van der Waals surface area contributed by atoms with Crippen molar-refractivity contribution < 1.29 is 14.3 Å². The number of rotatable bonds is 6. The number of hydrogen-bond donors (Lipinski definition) is 1. The molecule has 0 bridgehead atoms. The number of benzene rings is 2. The number of amides is 1. The van der Waals surface area contributed by atoms with E-state index in [2.05, 4.69) is 32.2 Å². The molecule has 1 atom stereocenters. The molecule has 1 aliphatic heterocycles. The Morgan fingerprint density at radius 3 is 2.54 bits per heavy atom. The average Bonchev–Trinajstić information content (AvgIpc) is 3.30. The van der Waals surface area contributed by atoms with E-state index in [1.807, 2.05) is 63.2 Å². The molecule has 5 rings (SSSR count). The monoisotopic (exact) mass is 659 g/mol. The minimum absolute atomic E-state index is 0.0776. The van der Waals surface area contributed by atoms with Gasteiger partial charge in [-0.3, -0.25) is 0 Å². The van der Waals surface area contributed by atoms with E-state index in [9.17, 15) is 4.79 Å². The van der Waals surface area contributed by atoms with Crippen molar-refractivity contribution in [3.05, 3.63) is 74.8 Å². The molecule has 1 saturated carbocycles. The van der Waals surface area contributed by atoms with Crippen molar-refractivity contribution in [1.29, 1.82) is 0 Å². The summed E-state index contributed by atoms with van der Waals surface area (Å²) in [5, 5.41) is 4.10. The number of piperidine rings is 1. The van der Waals surface area contributed by atoms with Gasteiger partial charge in [-0.25, -0.2) is 9.78 Å². The van der Waals surface area contributed by atoms with Crippen molar-refractivity contribution >= 4 is 50.9 Å². The number of halogens is 3. The highest BCUT2D eigenvalue weighted by Crippen LogP contribution is 2.48. The van der Waals surface area contributed by atoms with Crippen LogP contribution in [0.25, 0.3) is 11.3 Å². The molecule has 0 unspecified atom stereocenters. The van der Waals surface area contributed by atoms with Crippen molar-refractivity contribution in [1.82, 2.24) is 10.3 Å². The first-order valence-corrected chi connectivity index (χ1v) is 15.7. The first-order chi connectivity index (χ1) is 19.5. The van der Waals surface area contributed by atoms with Crippen LogP contribution in [0.3, 0.4) is 0 Å². The van der Waals surface area contributed by atoms with Gasteiger partial charge in [-0.15, -0.1) is 0 Å². The molecule has 2 aromatic carbocycles. The summed E-state index contributed by atoms with van der Waals surface area (Å²) in [6, 6.07) is 17.8. The number of nitrogens with zero attached hydrogens (tertiary/aromatic N) is 2. The average molecular weight is 661 g/mol. The van der Waals surface area contributed by atoms with Crippen LogP contribution < -0.4 is 15.0 Å². The molecule has 1 aromatic heterocycles. The van der Waals surface area contributed by atoms with E-state index in [4.69, 9.17) is 37.7 Å². The second-order valence-corrected chi connectivity index (χ2v) is 13.5. The van der Waals surface area contributed by atoms with Gasteiger partial charge in [-0.05, 0) is 79.4 Å². The Labute approximate surface area is 260 Å². The van der Waals surface area contributed by atoms with Gasteiger partial charge < -0.3 is 19.7 Å². The first-order valence-electron chi connectivity index (χ1n) is 14.1. The van der Waals surface area contributed by atoms with Gasteiger partial charge in [-0.2, -0.15) is 0 Å². The fourth-order valence-electron chi connectivity index (χ4n) is 6.01. The largest absolute Gasteiger partial charge is 0.487 e. The van der Waals surface area contributed by atoms with Gasteiger partial charge in [0.2, 0.25) is 0 Å². The highest BCUT2D eigenvalue weighted by molar-refractivity contribution is 9.10. The summed E-state index contributed by atoms with van der Waals surface area (Å²) in [5.74, 6) is 0.641. The standard InChI is InChI=1S/C32H36BrCl2N3O3/c1-31(2,3)41-30(39)36-26-13-8-14-32(26)15-17-38(18-16-32)24-19-25(40-20-21-9-5-4-6-10-21)28(37-29(24)33)22-11-7-12-23(34)27(22)35/h4-7,9-12,19,26H,8,13-18,20H2,1-3H3,(H,36,39)/t26-/m1/s1. The quantitative estimate of drug-likeness (QED) is 0.267. The van der Waals surface area contributed by atoms with Crippen LogP contribution in [0, 0.1) is 5.41 Å². The molecule has 2 aliphatic rings. The summed E-state index contributed by atoms with van der Waals surface area (Å²) in [6.07, 6.45) is 4.83. The van der Waals surface area contributed by atoms with Gasteiger partial charge in [0, 0.05) is 30.8 Å². The minimum Gasteiger partial charge on any atom is -0.487 e. The maximum atomic E-state index is 12.6. The topological polar surface area (TPSA) is 63.7 Å². The van der Waals surface area contributed by atoms with Gasteiger partial charge in [0.05, 0.1) is 15.7 Å². The van der Waals surface area contributed by atoms with Gasteiger partial charge in [0.15, 0.2) is 0 Å². The van der Waals surface area contributed by atoms with E-state index in [1.54, 1.807) is 6.07 Å². The molecule has 2 fully saturated rings. The van der Waals surface area contributed by atoms with Crippen LogP contribution in [-0.4, -0.2) is 35.8 Å². The Kier molecular flexibility index (Phi) is 9.07. The molecular weight excluding hydrogens is 625 g/mol. The highest BCUT2D eigenvalue weighted by atomic mass is 79.9. The lowest BCUT2D eigenvalue weighted by molar-refractivity contribution is 0.0442. The molecule has 1 spiro atoms. The maximum absolute atomic E-state index is 12.6. The molecule has 9 heteroatoms. The Bertz CT molecular complexity index is 1390. The molecule has 6 nitrogen and oxygen atoms in total. The third-order valence-electron chi connectivity index (χ3n) is 8.06. The predicted molar refractivity (Wildman–Crippen MR) is 169 cm³/mol. The second kappa shape index (κ2) is 12.4. The normalized spacial score (nSPS) is 18.4. The number of ether oxygens (including phenoxy) is 2. The predicted octanol–water partition coefficient (Wildman–Crippen LogP) is 9.06. The number of anilines is 1. The zero-order chi connectivity index (χ0) is 29.2. The zero-order valence-electron chi connectivity index (χ0n) is 23.7. The maximum Gasteiger partial charge on any atom is 0.407 e. The third kappa shape index (κ3) is 6.95. The lowest BCUT2D eigenvalue weighted by Crippen LogP contribution is -2.51. The van der Waals surface area contributed by atoms with Gasteiger partial charge in [0.25, 0.3) is 0 Å². The van der Waals surface area contributed by atoms with Gasteiger partial charge in [0.1, 0.15) is 28.3 Å². The Balaban J connectivity index is 1.38. The van der Waals surface area contributed by atoms with Crippen LogP contribution in [0.1, 0.15) is 58.4 Å². The lowest BCUT2D eigenvalue weighted by Gasteiger charge is -2.44. The third-order valence-corrected chi connectivity index (χ3v) is 9.47.